The molecule has 0 saturated heterocycles. The molecule has 4 aromatic rings. The van der Waals surface area contributed by atoms with Crippen LogP contribution in [0.3, 0.4) is 0 Å². The number of aromatic nitrogens is 1. The van der Waals surface area contributed by atoms with Gasteiger partial charge in [0, 0.05) is 16.5 Å². The molecule has 0 radical (unpaired) electrons. The first-order chi connectivity index (χ1) is 13.5. The van der Waals surface area contributed by atoms with Gasteiger partial charge in [0.15, 0.2) is 5.78 Å². The van der Waals surface area contributed by atoms with Crippen molar-refractivity contribution < 1.29 is 18.0 Å². The van der Waals surface area contributed by atoms with Gasteiger partial charge in [-0.25, -0.2) is 12.4 Å². The lowest BCUT2D eigenvalue weighted by atomic mass is 9.87. The minimum Gasteiger partial charge on any atom is -0.288 e. The Kier molecular flexibility index (Phi) is 3.41. The topological polar surface area (TPSA) is 73.2 Å². The third-order valence-corrected chi connectivity index (χ3v) is 6.70. The fourth-order valence-electron chi connectivity index (χ4n) is 3.74. The lowest BCUT2D eigenvalue weighted by Gasteiger charge is -2.17. The van der Waals surface area contributed by atoms with Gasteiger partial charge in [0.1, 0.15) is 5.69 Å². The van der Waals surface area contributed by atoms with Gasteiger partial charge in [-0.1, -0.05) is 60.7 Å². The highest BCUT2D eigenvalue weighted by Crippen LogP contribution is 2.37. The van der Waals surface area contributed by atoms with E-state index in [0.717, 1.165) is 3.97 Å². The largest absolute Gasteiger partial charge is 0.288 e. The van der Waals surface area contributed by atoms with Gasteiger partial charge in [-0.15, -0.1) is 0 Å². The zero-order valence-electron chi connectivity index (χ0n) is 14.5. The molecular weight excluding hydrogens is 374 g/mol. The minimum absolute atomic E-state index is 0.0534. The molecule has 0 unspecified atom stereocenters. The summed E-state index contributed by atoms with van der Waals surface area (Å²) in [7, 11) is -4.08. The van der Waals surface area contributed by atoms with Crippen molar-refractivity contribution in [2.45, 2.75) is 4.90 Å². The molecule has 1 aliphatic rings. The molecule has 0 saturated carbocycles. The van der Waals surface area contributed by atoms with Crippen LogP contribution in [-0.4, -0.2) is 24.0 Å². The maximum Gasteiger partial charge on any atom is 0.268 e. The van der Waals surface area contributed by atoms with Gasteiger partial charge < -0.3 is 0 Å². The summed E-state index contributed by atoms with van der Waals surface area (Å²) in [6.45, 7) is 0. The summed E-state index contributed by atoms with van der Waals surface area (Å²) in [5.74, 6) is -0.815. The average Bonchev–Trinajstić information content (AvgIpc) is 3.09. The number of ketones is 2. The standard InChI is InChI=1S/C22H13NO4S/c24-21-15-10-4-5-11-16(15)22(25)20-19(21)17-12-6-7-13-18(17)23(20)28(26,27)14-8-2-1-3-9-14/h1-13H. The van der Waals surface area contributed by atoms with E-state index in [-0.39, 0.29) is 27.5 Å². The molecule has 6 heteroatoms. The number of carbonyl (C=O) groups excluding carboxylic acids is 2. The van der Waals surface area contributed by atoms with Crippen LogP contribution < -0.4 is 0 Å². The van der Waals surface area contributed by atoms with Crippen LogP contribution in [0.5, 0.6) is 0 Å². The van der Waals surface area contributed by atoms with E-state index in [2.05, 4.69) is 0 Å². The molecule has 136 valence electrons. The molecule has 5 nitrogen and oxygen atoms in total. The summed E-state index contributed by atoms with van der Waals surface area (Å²) >= 11 is 0. The number of nitrogens with zero attached hydrogens (tertiary/aromatic N) is 1. The van der Waals surface area contributed by atoms with Gasteiger partial charge in [0.2, 0.25) is 5.78 Å². The zero-order valence-corrected chi connectivity index (χ0v) is 15.3. The smallest absolute Gasteiger partial charge is 0.268 e. The summed E-state index contributed by atoms with van der Waals surface area (Å²) in [5, 5.41) is 0.449. The van der Waals surface area contributed by atoms with Crippen molar-refractivity contribution in [1.29, 1.82) is 0 Å². The Morgan fingerprint density at radius 2 is 1.21 bits per heavy atom. The predicted octanol–water partition coefficient (Wildman–Crippen LogP) is 3.65. The highest BCUT2D eigenvalue weighted by molar-refractivity contribution is 7.90. The number of rotatable bonds is 2. The maximum atomic E-state index is 13.4. The maximum absolute atomic E-state index is 13.4. The third kappa shape index (κ3) is 2.09. The fraction of sp³-hybridized carbons (Fsp3) is 0. The normalized spacial score (nSPS) is 13.4. The van der Waals surface area contributed by atoms with Crippen LogP contribution in [0.4, 0.5) is 0 Å². The molecule has 0 aliphatic heterocycles. The van der Waals surface area contributed by atoms with Crippen LogP contribution in [0.2, 0.25) is 0 Å². The van der Waals surface area contributed by atoms with Gasteiger partial charge in [-0.05, 0) is 18.2 Å². The van der Waals surface area contributed by atoms with Crippen molar-refractivity contribution in [2.24, 2.45) is 0 Å². The predicted molar refractivity (Wildman–Crippen MR) is 104 cm³/mol. The second kappa shape index (κ2) is 5.74. The third-order valence-electron chi connectivity index (χ3n) is 4.97. The van der Waals surface area contributed by atoms with E-state index in [4.69, 9.17) is 0 Å². The monoisotopic (exact) mass is 387 g/mol. The Morgan fingerprint density at radius 3 is 1.93 bits per heavy atom. The molecular formula is C22H13NO4S. The number of carbonyl (C=O) groups is 2. The van der Waals surface area contributed by atoms with E-state index >= 15 is 0 Å². The molecule has 0 amide bonds. The van der Waals surface area contributed by atoms with Crippen molar-refractivity contribution in [1.82, 2.24) is 3.97 Å². The number of hydrogen-bond acceptors (Lipinski definition) is 4. The van der Waals surface area contributed by atoms with E-state index < -0.39 is 15.8 Å². The summed E-state index contributed by atoms with van der Waals surface area (Å²) in [4.78, 5) is 26.5. The van der Waals surface area contributed by atoms with Crippen LogP contribution in [0.15, 0.2) is 83.8 Å². The van der Waals surface area contributed by atoms with Crippen molar-refractivity contribution in [3.63, 3.8) is 0 Å². The van der Waals surface area contributed by atoms with Gasteiger partial charge in [-0.2, -0.15) is 0 Å². The van der Waals surface area contributed by atoms with Gasteiger partial charge in [-0.3, -0.25) is 9.59 Å². The van der Waals surface area contributed by atoms with Gasteiger partial charge in [0.05, 0.1) is 16.0 Å². The Balaban J connectivity index is 1.94. The van der Waals surface area contributed by atoms with E-state index in [1.54, 1.807) is 66.7 Å². The lowest BCUT2D eigenvalue weighted by Crippen LogP contribution is -2.25. The lowest BCUT2D eigenvalue weighted by molar-refractivity contribution is 0.0977. The Bertz CT molecular complexity index is 1400. The van der Waals surface area contributed by atoms with Crippen LogP contribution in [0.25, 0.3) is 10.9 Å². The molecule has 0 N–H and O–H groups in total. The van der Waals surface area contributed by atoms with Crippen molar-refractivity contribution in [3.05, 3.63) is 101 Å². The van der Waals surface area contributed by atoms with Crippen LogP contribution >= 0.6 is 0 Å². The van der Waals surface area contributed by atoms with E-state index in [9.17, 15) is 18.0 Å². The average molecular weight is 387 g/mol. The molecule has 1 aliphatic carbocycles. The summed E-state index contributed by atoms with van der Waals surface area (Å²) < 4.78 is 27.9. The van der Waals surface area contributed by atoms with Crippen LogP contribution in [-0.2, 0) is 10.0 Å². The van der Waals surface area contributed by atoms with Gasteiger partial charge >= 0.3 is 0 Å². The summed E-state index contributed by atoms with van der Waals surface area (Å²) in [6, 6.07) is 21.1. The quantitative estimate of drug-likeness (QED) is 0.463. The first kappa shape index (κ1) is 16.6. The van der Waals surface area contributed by atoms with Crippen LogP contribution in [0, 0.1) is 0 Å². The summed E-state index contributed by atoms with van der Waals surface area (Å²) in [5.41, 5.74) is 0.853. The number of para-hydroxylation sites is 1. The van der Waals surface area contributed by atoms with Gasteiger partial charge in [0.25, 0.3) is 10.0 Å². The molecule has 5 rings (SSSR count). The molecule has 0 bridgehead atoms. The molecule has 28 heavy (non-hydrogen) atoms. The van der Waals surface area contributed by atoms with E-state index in [0.29, 0.717) is 16.5 Å². The SMILES string of the molecule is O=C1c2ccccc2C(=O)c2c1c1ccccc1n2S(=O)(=O)c1ccccc1. The second-order valence-electron chi connectivity index (χ2n) is 6.53. The molecule has 1 aromatic heterocycles. The van der Waals surface area contributed by atoms with E-state index in [1.165, 1.54) is 12.1 Å². The molecule has 3 aromatic carbocycles. The van der Waals surface area contributed by atoms with Crippen molar-refractivity contribution in [2.75, 3.05) is 0 Å². The second-order valence-corrected chi connectivity index (χ2v) is 8.31. The Labute approximate surface area is 160 Å². The summed E-state index contributed by atoms with van der Waals surface area (Å²) in [6.07, 6.45) is 0. The molecule has 0 fully saturated rings. The van der Waals surface area contributed by atoms with Crippen molar-refractivity contribution in [3.8, 4) is 0 Å². The first-order valence-electron chi connectivity index (χ1n) is 8.64. The molecule has 1 heterocycles. The molecule has 0 atom stereocenters. The number of benzene rings is 3. The van der Waals surface area contributed by atoms with Crippen molar-refractivity contribution >= 4 is 32.5 Å². The highest BCUT2D eigenvalue weighted by atomic mass is 32.2. The Morgan fingerprint density at radius 1 is 0.643 bits per heavy atom. The molecule has 0 spiro atoms. The zero-order chi connectivity index (χ0) is 19.5. The number of hydrogen-bond donors (Lipinski definition) is 0. The highest BCUT2D eigenvalue weighted by Gasteiger charge is 2.38. The minimum atomic E-state index is -4.08. The van der Waals surface area contributed by atoms with Crippen LogP contribution in [0.1, 0.15) is 32.0 Å². The Hall–Kier alpha value is -3.51. The first-order valence-corrected chi connectivity index (χ1v) is 10.1. The fourth-order valence-corrected chi connectivity index (χ4v) is 5.28. The van der Waals surface area contributed by atoms with E-state index in [1.807, 2.05) is 0 Å². The number of fused-ring (bicyclic) bond motifs is 4.